The topological polar surface area (TPSA) is 20.2 Å². The normalized spacial score (nSPS) is 28.6. The summed E-state index contributed by atoms with van der Waals surface area (Å²) in [6, 6.07) is 4.33. The number of benzene rings is 1. The number of halogens is 2. The van der Waals surface area contributed by atoms with E-state index >= 15 is 0 Å². The van der Waals surface area contributed by atoms with Gasteiger partial charge in [0.1, 0.15) is 5.82 Å². The lowest BCUT2D eigenvalue weighted by Gasteiger charge is -2.23. The predicted molar refractivity (Wildman–Crippen MR) is 67.7 cm³/mol. The Bertz CT molecular complexity index is 407. The molecule has 1 aromatic carbocycles. The van der Waals surface area contributed by atoms with Gasteiger partial charge in [0.05, 0.1) is 5.60 Å². The van der Waals surface area contributed by atoms with Gasteiger partial charge in [-0.2, -0.15) is 0 Å². The Kier molecular flexibility index (Phi) is 3.74. The van der Waals surface area contributed by atoms with E-state index in [9.17, 15) is 9.50 Å². The van der Waals surface area contributed by atoms with Gasteiger partial charge in [-0.15, -0.1) is 0 Å². The Labute approximate surface area is 107 Å². The number of aliphatic hydroxyl groups is 1. The first-order valence-corrected chi connectivity index (χ1v) is 6.56. The van der Waals surface area contributed by atoms with Gasteiger partial charge in [0.25, 0.3) is 0 Å². The predicted octanol–water partition coefficient (Wildman–Crippen LogP) is 3.96. The van der Waals surface area contributed by atoms with Crippen molar-refractivity contribution in [1.29, 1.82) is 0 Å². The van der Waals surface area contributed by atoms with Gasteiger partial charge in [0, 0.05) is 11.4 Å². The standard InChI is InChI=1S/C14H18ClFO/c1-2-10-5-6-14(17,8-10)9-11-7-12(16)3-4-13(11)15/h3-4,7,10,17H,2,5-6,8-9H2,1H3. The molecule has 1 N–H and O–H groups in total. The van der Waals surface area contributed by atoms with Crippen LogP contribution in [0.4, 0.5) is 4.39 Å². The monoisotopic (exact) mass is 256 g/mol. The van der Waals surface area contributed by atoms with Crippen molar-refractivity contribution in [2.75, 3.05) is 0 Å². The first-order valence-electron chi connectivity index (χ1n) is 6.19. The second-order valence-electron chi connectivity index (χ2n) is 5.15. The summed E-state index contributed by atoms with van der Waals surface area (Å²) in [5.74, 6) is 0.297. The van der Waals surface area contributed by atoms with Crippen molar-refractivity contribution >= 4 is 11.6 Å². The summed E-state index contributed by atoms with van der Waals surface area (Å²) in [6.45, 7) is 2.14. The van der Waals surface area contributed by atoms with Crippen LogP contribution < -0.4 is 0 Å². The molecule has 1 fully saturated rings. The molecule has 0 bridgehead atoms. The third kappa shape index (κ3) is 2.99. The van der Waals surface area contributed by atoms with Crippen molar-refractivity contribution in [2.24, 2.45) is 5.92 Å². The van der Waals surface area contributed by atoms with Crippen LogP contribution >= 0.6 is 11.6 Å². The Morgan fingerprint density at radius 1 is 1.53 bits per heavy atom. The summed E-state index contributed by atoms with van der Waals surface area (Å²) in [7, 11) is 0. The lowest BCUT2D eigenvalue weighted by molar-refractivity contribution is 0.0436. The van der Waals surface area contributed by atoms with E-state index in [1.165, 1.54) is 12.1 Å². The summed E-state index contributed by atoms with van der Waals surface area (Å²) < 4.78 is 13.1. The van der Waals surface area contributed by atoms with E-state index in [-0.39, 0.29) is 5.82 Å². The molecule has 1 saturated carbocycles. The molecule has 0 aromatic heterocycles. The van der Waals surface area contributed by atoms with E-state index in [0.717, 1.165) is 25.7 Å². The van der Waals surface area contributed by atoms with Crippen LogP contribution in [0.3, 0.4) is 0 Å². The Morgan fingerprint density at radius 3 is 2.94 bits per heavy atom. The van der Waals surface area contributed by atoms with Gasteiger partial charge in [0.15, 0.2) is 0 Å². The highest BCUT2D eigenvalue weighted by molar-refractivity contribution is 6.31. The minimum Gasteiger partial charge on any atom is -0.390 e. The maximum atomic E-state index is 13.1. The highest BCUT2D eigenvalue weighted by atomic mass is 35.5. The fourth-order valence-corrected chi connectivity index (χ4v) is 2.94. The van der Waals surface area contributed by atoms with Crippen LogP contribution in [0.1, 0.15) is 38.2 Å². The smallest absolute Gasteiger partial charge is 0.123 e. The average Bonchev–Trinajstić information content (AvgIpc) is 2.66. The quantitative estimate of drug-likeness (QED) is 0.868. The van der Waals surface area contributed by atoms with Crippen LogP contribution in [0.15, 0.2) is 18.2 Å². The van der Waals surface area contributed by atoms with Crippen molar-refractivity contribution in [3.05, 3.63) is 34.6 Å². The van der Waals surface area contributed by atoms with Crippen LogP contribution in [0.2, 0.25) is 5.02 Å². The van der Waals surface area contributed by atoms with Gasteiger partial charge in [-0.25, -0.2) is 4.39 Å². The van der Waals surface area contributed by atoms with Gasteiger partial charge in [-0.05, 0) is 48.9 Å². The molecule has 3 heteroatoms. The molecular formula is C14H18ClFO. The zero-order valence-electron chi connectivity index (χ0n) is 10.0. The maximum Gasteiger partial charge on any atom is 0.123 e. The molecule has 0 amide bonds. The molecule has 94 valence electrons. The molecule has 1 nitrogen and oxygen atoms in total. The lowest BCUT2D eigenvalue weighted by Crippen LogP contribution is -2.28. The second kappa shape index (κ2) is 4.95. The van der Waals surface area contributed by atoms with E-state index in [1.807, 2.05) is 0 Å². The highest BCUT2D eigenvalue weighted by Crippen LogP contribution is 2.39. The van der Waals surface area contributed by atoms with Crippen molar-refractivity contribution in [1.82, 2.24) is 0 Å². The molecule has 17 heavy (non-hydrogen) atoms. The molecule has 2 rings (SSSR count). The molecule has 1 aliphatic rings. The van der Waals surface area contributed by atoms with Gasteiger partial charge in [-0.3, -0.25) is 0 Å². The number of hydrogen-bond acceptors (Lipinski definition) is 1. The lowest BCUT2D eigenvalue weighted by atomic mass is 9.91. The minimum atomic E-state index is -0.696. The third-order valence-corrected chi connectivity index (χ3v) is 4.16. The molecule has 1 aliphatic carbocycles. The van der Waals surface area contributed by atoms with Crippen LogP contribution in [-0.4, -0.2) is 10.7 Å². The average molecular weight is 257 g/mol. The van der Waals surface area contributed by atoms with E-state index in [0.29, 0.717) is 22.9 Å². The first-order chi connectivity index (χ1) is 8.02. The van der Waals surface area contributed by atoms with Gasteiger partial charge in [0.2, 0.25) is 0 Å². The van der Waals surface area contributed by atoms with E-state index in [4.69, 9.17) is 11.6 Å². The maximum absolute atomic E-state index is 13.1. The van der Waals surface area contributed by atoms with E-state index < -0.39 is 5.60 Å². The molecule has 0 aliphatic heterocycles. The van der Waals surface area contributed by atoms with Crippen LogP contribution in [0, 0.1) is 11.7 Å². The zero-order valence-corrected chi connectivity index (χ0v) is 10.8. The van der Waals surface area contributed by atoms with Crippen molar-refractivity contribution in [2.45, 2.75) is 44.6 Å². The second-order valence-corrected chi connectivity index (χ2v) is 5.56. The van der Waals surface area contributed by atoms with Gasteiger partial charge >= 0.3 is 0 Å². The Balaban J connectivity index is 2.13. The number of rotatable bonds is 3. The molecule has 0 heterocycles. The summed E-state index contributed by atoms with van der Waals surface area (Å²) in [4.78, 5) is 0. The molecule has 2 atom stereocenters. The molecule has 0 spiro atoms. The van der Waals surface area contributed by atoms with Crippen molar-refractivity contribution in [3.63, 3.8) is 0 Å². The Hall–Kier alpha value is -0.600. The molecule has 2 unspecified atom stereocenters. The van der Waals surface area contributed by atoms with Crippen molar-refractivity contribution in [3.8, 4) is 0 Å². The molecular weight excluding hydrogens is 239 g/mol. The fourth-order valence-electron chi connectivity index (χ4n) is 2.76. The Morgan fingerprint density at radius 2 is 2.29 bits per heavy atom. The molecule has 0 saturated heterocycles. The fraction of sp³-hybridized carbons (Fsp3) is 0.571. The van der Waals surface area contributed by atoms with Gasteiger partial charge in [-0.1, -0.05) is 24.9 Å². The van der Waals surface area contributed by atoms with E-state index in [1.54, 1.807) is 6.07 Å². The molecule has 1 aromatic rings. The van der Waals surface area contributed by atoms with Crippen LogP contribution in [0.5, 0.6) is 0 Å². The largest absolute Gasteiger partial charge is 0.390 e. The minimum absolute atomic E-state index is 0.293. The zero-order chi connectivity index (χ0) is 12.5. The van der Waals surface area contributed by atoms with Crippen LogP contribution in [-0.2, 0) is 6.42 Å². The summed E-state index contributed by atoms with van der Waals surface area (Å²) in [6.07, 6.45) is 4.20. The SMILES string of the molecule is CCC1CCC(O)(Cc2cc(F)ccc2Cl)C1. The summed E-state index contributed by atoms with van der Waals surface area (Å²) in [5, 5.41) is 11.0. The first kappa shape index (κ1) is 12.8. The van der Waals surface area contributed by atoms with Crippen LogP contribution in [0.25, 0.3) is 0 Å². The van der Waals surface area contributed by atoms with E-state index in [2.05, 4.69) is 6.92 Å². The summed E-state index contributed by atoms with van der Waals surface area (Å²) in [5.41, 5.74) is 0.0175. The third-order valence-electron chi connectivity index (χ3n) is 3.79. The van der Waals surface area contributed by atoms with Crippen molar-refractivity contribution < 1.29 is 9.50 Å². The van der Waals surface area contributed by atoms with Gasteiger partial charge < -0.3 is 5.11 Å². The number of hydrogen-bond donors (Lipinski definition) is 1. The summed E-state index contributed by atoms with van der Waals surface area (Å²) >= 11 is 6.03. The molecule has 0 radical (unpaired) electrons. The highest BCUT2D eigenvalue weighted by Gasteiger charge is 2.36.